The molecular weight excluding hydrogens is 260 g/mol. The molecule has 0 saturated carbocycles. The molecule has 0 radical (unpaired) electrons. The van der Waals surface area contributed by atoms with Crippen molar-refractivity contribution in [3.8, 4) is 0 Å². The molecule has 2 heterocycles. The number of amides is 2. The molecule has 1 N–H and O–H groups in total. The molecule has 0 aromatic carbocycles. The first-order valence-electron chi connectivity index (χ1n) is 4.85. The van der Waals surface area contributed by atoms with Crippen molar-refractivity contribution < 1.29 is 19.1 Å². The number of hydrogen-bond donors (Lipinski definition) is 1. The van der Waals surface area contributed by atoms with Crippen LogP contribution in [0.1, 0.15) is 15.7 Å². The van der Waals surface area contributed by atoms with Gasteiger partial charge in [-0.25, -0.2) is 4.79 Å². The maximum absolute atomic E-state index is 11.6. The van der Waals surface area contributed by atoms with Crippen molar-refractivity contribution >= 4 is 28.9 Å². The van der Waals surface area contributed by atoms with Crippen molar-refractivity contribution in [3.63, 3.8) is 0 Å². The SMILES string of the molecule is COC(=O)c1ccc(=O)n([C@H]2SC(=O)NC2=O)c1. The maximum Gasteiger partial charge on any atom is 0.339 e. The summed E-state index contributed by atoms with van der Waals surface area (Å²) in [5, 5.41) is 0.546. The highest BCUT2D eigenvalue weighted by Crippen LogP contribution is 2.27. The monoisotopic (exact) mass is 268 g/mol. The molecule has 0 unspecified atom stereocenters. The molecule has 0 bridgehead atoms. The number of esters is 1. The lowest BCUT2D eigenvalue weighted by Gasteiger charge is -2.10. The third-order valence-electron chi connectivity index (χ3n) is 2.28. The highest BCUT2D eigenvalue weighted by Gasteiger charge is 2.33. The fourth-order valence-corrected chi connectivity index (χ4v) is 2.26. The minimum absolute atomic E-state index is 0.129. The van der Waals surface area contributed by atoms with E-state index < -0.39 is 28.0 Å². The van der Waals surface area contributed by atoms with Crippen LogP contribution in [0.4, 0.5) is 4.79 Å². The van der Waals surface area contributed by atoms with Crippen molar-refractivity contribution in [2.45, 2.75) is 5.37 Å². The Balaban J connectivity index is 2.44. The number of ether oxygens (including phenoxy) is 1. The van der Waals surface area contributed by atoms with Crippen LogP contribution in [0.5, 0.6) is 0 Å². The van der Waals surface area contributed by atoms with E-state index in [0.717, 1.165) is 10.6 Å². The van der Waals surface area contributed by atoms with Crippen molar-refractivity contribution in [2.24, 2.45) is 0 Å². The molecule has 1 aliphatic rings. The Labute approximate surface area is 105 Å². The molecule has 0 spiro atoms. The van der Waals surface area contributed by atoms with Crippen molar-refractivity contribution in [3.05, 3.63) is 34.2 Å². The highest BCUT2D eigenvalue weighted by atomic mass is 32.2. The number of hydrogen-bond acceptors (Lipinski definition) is 6. The highest BCUT2D eigenvalue weighted by molar-refractivity contribution is 8.14. The third-order valence-corrected chi connectivity index (χ3v) is 3.26. The number of pyridine rings is 1. The van der Waals surface area contributed by atoms with Gasteiger partial charge in [0.15, 0.2) is 5.37 Å². The quantitative estimate of drug-likeness (QED) is 0.765. The summed E-state index contributed by atoms with van der Waals surface area (Å²) >= 11 is 0.680. The number of rotatable bonds is 2. The summed E-state index contributed by atoms with van der Waals surface area (Å²) in [6.07, 6.45) is 1.20. The molecule has 2 amide bonds. The standard InChI is InChI=1S/C10H8N2O5S/c1-17-9(15)5-2-3-6(13)12(4-5)8-7(14)11-10(16)18-8/h2-4,8H,1H3,(H,11,14,16)/t8-/m0/s1. The Kier molecular flexibility index (Phi) is 3.19. The molecule has 1 atom stereocenters. The smallest absolute Gasteiger partial charge is 0.339 e. The van der Waals surface area contributed by atoms with E-state index in [2.05, 4.69) is 10.1 Å². The average Bonchev–Trinajstić information content (AvgIpc) is 2.68. The minimum Gasteiger partial charge on any atom is -0.465 e. The van der Waals surface area contributed by atoms with Crippen molar-refractivity contribution in [1.29, 1.82) is 0 Å². The molecule has 1 aromatic heterocycles. The van der Waals surface area contributed by atoms with Gasteiger partial charge in [0.2, 0.25) is 0 Å². The zero-order chi connectivity index (χ0) is 13.3. The van der Waals surface area contributed by atoms with Gasteiger partial charge in [-0.05, 0) is 17.8 Å². The molecule has 94 valence electrons. The normalized spacial score (nSPS) is 18.6. The van der Waals surface area contributed by atoms with Crippen LogP contribution in [0, 0.1) is 0 Å². The zero-order valence-electron chi connectivity index (χ0n) is 9.21. The molecule has 1 aromatic rings. The van der Waals surface area contributed by atoms with Crippen LogP contribution in [0.3, 0.4) is 0 Å². The van der Waals surface area contributed by atoms with Crippen LogP contribution in [-0.4, -0.2) is 28.8 Å². The summed E-state index contributed by atoms with van der Waals surface area (Å²) in [5.41, 5.74) is -0.352. The Morgan fingerprint density at radius 3 is 2.67 bits per heavy atom. The summed E-state index contributed by atoms with van der Waals surface area (Å²) in [6, 6.07) is 2.44. The van der Waals surface area contributed by atoms with Gasteiger partial charge in [-0.3, -0.25) is 24.3 Å². The summed E-state index contributed by atoms with van der Waals surface area (Å²) < 4.78 is 5.54. The van der Waals surface area contributed by atoms with Gasteiger partial charge >= 0.3 is 5.97 Å². The van der Waals surface area contributed by atoms with Gasteiger partial charge in [0.1, 0.15) is 0 Å². The first kappa shape index (κ1) is 12.4. The number of thioether (sulfide) groups is 1. The lowest BCUT2D eigenvalue weighted by atomic mass is 10.3. The number of aromatic nitrogens is 1. The second kappa shape index (κ2) is 4.65. The second-order valence-corrected chi connectivity index (χ2v) is 4.45. The molecule has 1 aliphatic heterocycles. The van der Waals surface area contributed by atoms with Crippen LogP contribution in [0.25, 0.3) is 0 Å². The fraction of sp³-hybridized carbons (Fsp3) is 0.200. The summed E-state index contributed by atoms with van der Waals surface area (Å²) in [7, 11) is 1.21. The van der Waals surface area contributed by atoms with Gasteiger partial charge in [0.05, 0.1) is 12.7 Å². The van der Waals surface area contributed by atoms with Crippen LogP contribution in [0.15, 0.2) is 23.1 Å². The Hall–Kier alpha value is -2.09. The molecule has 1 fully saturated rings. The molecule has 7 nitrogen and oxygen atoms in total. The predicted molar refractivity (Wildman–Crippen MR) is 62.2 cm³/mol. The van der Waals surface area contributed by atoms with E-state index in [9.17, 15) is 19.2 Å². The first-order valence-corrected chi connectivity index (χ1v) is 5.73. The number of carbonyl (C=O) groups excluding carboxylic acids is 3. The molecule has 1 saturated heterocycles. The van der Waals surface area contributed by atoms with E-state index in [4.69, 9.17) is 0 Å². The van der Waals surface area contributed by atoms with Crippen molar-refractivity contribution in [2.75, 3.05) is 7.11 Å². The largest absolute Gasteiger partial charge is 0.465 e. The van der Waals surface area contributed by atoms with E-state index in [1.807, 2.05) is 0 Å². The van der Waals surface area contributed by atoms with Crippen molar-refractivity contribution in [1.82, 2.24) is 9.88 Å². The Morgan fingerprint density at radius 1 is 1.39 bits per heavy atom. The molecule has 0 aliphatic carbocycles. The second-order valence-electron chi connectivity index (χ2n) is 3.40. The third kappa shape index (κ3) is 2.14. The molecule has 18 heavy (non-hydrogen) atoms. The van der Waals surface area contributed by atoms with Gasteiger partial charge in [0.25, 0.3) is 16.7 Å². The van der Waals surface area contributed by atoms with Crippen LogP contribution >= 0.6 is 11.8 Å². The number of carbonyl (C=O) groups is 3. The lowest BCUT2D eigenvalue weighted by molar-refractivity contribution is -0.120. The first-order chi connectivity index (χ1) is 8.52. The number of nitrogens with one attached hydrogen (secondary N) is 1. The van der Waals surface area contributed by atoms with Crippen LogP contribution in [0.2, 0.25) is 0 Å². The number of methoxy groups -OCH3 is 1. The summed E-state index contributed by atoms with van der Waals surface area (Å²) in [5.74, 6) is -1.22. The van der Waals surface area contributed by atoms with Gasteiger partial charge in [-0.15, -0.1) is 0 Å². The summed E-state index contributed by atoms with van der Waals surface area (Å²) in [6.45, 7) is 0. The van der Waals surface area contributed by atoms with E-state index in [0.29, 0.717) is 11.8 Å². The predicted octanol–water partition coefficient (Wildman–Crippen LogP) is 0.116. The lowest BCUT2D eigenvalue weighted by Crippen LogP contribution is -2.29. The molecule has 2 rings (SSSR count). The van der Waals surface area contributed by atoms with E-state index in [1.165, 1.54) is 19.4 Å². The molecule has 8 heteroatoms. The average molecular weight is 268 g/mol. The number of nitrogens with zero attached hydrogens (tertiary/aromatic N) is 1. The van der Waals surface area contributed by atoms with Gasteiger partial charge in [-0.1, -0.05) is 0 Å². The van der Waals surface area contributed by atoms with Crippen LogP contribution < -0.4 is 10.9 Å². The fourth-order valence-electron chi connectivity index (χ4n) is 1.46. The van der Waals surface area contributed by atoms with Gasteiger partial charge < -0.3 is 4.74 Å². The number of imide groups is 1. The molecular formula is C10H8N2O5S. The Morgan fingerprint density at radius 2 is 2.11 bits per heavy atom. The van der Waals surface area contributed by atoms with Crippen LogP contribution in [-0.2, 0) is 9.53 Å². The van der Waals surface area contributed by atoms with E-state index in [1.54, 1.807) is 0 Å². The minimum atomic E-state index is -0.991. The Bertz CT molecular complexity index is 594. The topological polar surface area (TPSA) is 94.5 Å². The summed E-state index contributed by atoms with van der Waals surface area (Å²) in [4.78, 5) is 45.5. The zero-order valence-corrected chi connectivity index (χ0v) is 10.0. The maximum atomic E-state index is 11.6. The van der Waals surface area contributed by atoms with Gasteiger partial charge in [0, 0.05) is 12.3 Å². The van der Waals surface area contributed by atoms with Gasteiger partial charge in [-0.2, -0.15) is 0 Å². The van der Waals surface area contributed by atoms with E-state index in [-0.39, 0.29) is 5.56 Å². The van der Waals surface area contributed by atoms with E-state index >= 15 is 0 Å².